The van der Waals surface area contributed by atoms with Gasteiger partial charge >= 0.3 is 11.9 Å². The van der Waals surface area contributed by atoms with E-state index in [2.05, 4.69) is 15.4 Å². The SMILES string of the molecule is CC(C)(C)C(=O)NCc1ccc(Cl)c(-c2nn(-c3ccc(Cl)c(C(F)(F)F)c3)c(=O)[nH]2)c1F. The summed E-state index contributed by atoms with van der Waals surface area (Å²) in [5.41, 5.74) is -3.18. The van der Waals surface area contributed by atoms with E-state index in [-0.39, 0.29) is 40.1 Å². The zero-order chi connectivity index (χ0) is 24.7. The Balaban J connectivity index is 2.02. The number of benzene rings is 2. The molecule has 0 bridgehead atoms. The van der Waals surface area contributed by atoms with Crippen LogP contribution in [0.1, 0.15) is 31.9 Å². The van der Waals surface area contributed by atoms with E-state index in [0.29, 0.717) is 10.7 Å². The number of H-pyrrole nitrogens is 1. The fourth-order valence-corrected chi connectivity index (χ4v) is 3.32. The van der Waals surface area contributed by atoms with E-state index in [9.17, 15) is 22.8 Å². The maximum Gasteiger partial charge on any atom is 0.417 e. The zero-order valence-corrected chi connectivity index (χ0v) is 19.1. The number of carbonyl (C=O) groups excluding carboxylic acids is 1. The lowest BCUT2D eigenvalue weighted by atomic mass is 9.95. The minimum absolute atomic E-state index is 0.0771. The molecule has 0 saturated heterocycles. The summed E-state index contributed by atoms with van der Waals surface area (Å²) < 4.78 is 55.4. The normalized spacial score (nSPS) is 12.2. The minimum Gasteiger partial charge on any atom is -0.351 e. The van der Waals surface area contributed by atoms with Crippen molar-refractivity contribution in [2.45, 2.75) is 33.5 Å². The van der Waals surface area contributed by atoms with Gasteiger partial charge in [-0.2, -0.15) is 17.9 Å². The monoisotopic (exact) mass is 504 g/mol. The average molecular weight is 505 g/mol. The van der Waals surface area contributed by atoms with Gasteiger partial charge in [0.2, 0.25) is 5.91 Å². The summed E-state index contributed by atoms with van der Waals surface area (Å²) >= 11 is 11.7. The Morgan fingerprint density at radius 1 is 1.12 bits per heavy atom. The van der Waals surface area contributed by atoms with Crippen LogP contribution in [0.2, 0.25) is 10.0 Å². The molecule has 176 valence electrons. The molecule has 0 spiro atoms. The maximum absolute atomic E-state index is 15.2. The summed E-state index contributed by atoms with van der Waals surface area (Å²) in [7, 11) is 0. The van der Waals surface area contributed by atoms with Gasteiger partial charge in [-0.05, 0) is 24.3 Å². The number of nitrogens with zero attached hydrogens (tertiary/aromatic N) is 2. The highest BCUT2D eigenvalue weighted by Gasteiger charge is 2.34. The molecule has 0 fully saturated rings. The summed E-state index contributed by atoms with van der Waals surface area (Å²) in [6.07, 6.45) is -4.75. The van der Waals surface area contributed by atoms with Gasteiger partial charge in [0, 0.05) is 17.5 Å². The first-order valence-corrected chi connectivity index (χ1v) is 10.3. The molecular formula is C21H18Cl2F4N4O2. The number of carbonyl (C=O) groups is 1. The predicted molar refractivity (Wildman–Crippen MR) is 116 cm³/mol. The zero-order valence-electron chi connectivity index (χ0n) is 17.6. The molecule has 0 aliphatic rings. The van der Waals surface area contributed by atoms with Gasteiger partial charge in [-0.1, -0.05) is 50.0 Å². The lowest BCUT2D eigenvalue weighted by molar-refractivity contribution is -0.137. The molecule has 0 radical (unpaired) electrons. The fourth-order valence-electron chi connectivity index (χ4n) is 2.86. The van der Waals surface area contributed by atoms with E-state index in [1.54, 1.807) is 20.8 Å². The lowest BCUT2D eigenvalue weighted by Gasteiger charge is -2.18. The van der Waals surface area contributed by atoms with Crippen molar-refractivity contribution in [3.05, 3.63) is 67.8 Å². The number of rotatable bonds is 4. The number of nitrogens with one attached hydrogen (secondary N) is 2. The van der Waals surface area contributed by atoms with Crippen molar-refractivity contribution >= 4 is 29.1 Å². The molecule has 33 heavy (non-hydrogen) atoms. The van der Waals surface area contributed by atoms with Gasteiger partial charge < -0.3 is 5.32 Å². The Labute approximate surface area is 195 Å². The van der Waals surface area contributed by atoms with Gasteiger partial charge in [0.05, 0.1) is 26.9 Å². The quantitative estimate of drug-likeness (QED) is 0.469. The summed E-state index contributed by atoms with van der Waals surface area (Å²) in [5, 5.41) is 5.90. The molecule has 2 aromatic carbocycles. The van der Waals surface area contributed by atoms with Crippen molar-refractivity contribution in [3.63, 3.8) is 0 Å². The molecule has 3 aromatic rings. The van der Waals surface area contributed by atoms with Crippen LogP contribution in [0.15, 0.2) is 35.1 Å². The van der Waals surface area contributed by atoms with Crippen LogP contribution in [-0.4, -0.2) is 20.7 Å². The first-order valence-electron chi connectivity index (χ1n) is 9.52. The van der Waals surface area contributed by atoms with Gasteiger partial charge in [-0.3, -0.25) is 9.78 Å². The standard InChI is InChI=1S/C21H18Cl2F4N4O2/c1-20(2,3)18(32)28-9-10-4-6-14(23)15(16(10)24)17-29-19(33)31(30-17)11-5-7-13(22)12(8-11)21(25,26)27/h4-8H,9H2,1-3H3,(H,28,32)(H,29,30,33). The number of aromatic amines is 1. The van der Waals surface area contributed by atoms with E-state index in [1.807, 2.05) is 0 Å². The van der Waals surface area contributed by atoms with E-state index >= 15 is 4.39 Å². The van der Waals surface area contributed by atoms with E-state index in [4.69, 9.17) is 23.2 Å². The Kier molecular flexibility index (Phi) is 6.63. The van der Waals surface area contributed by atoms with Crippen molar-refractivity contribution in [2.24, 2.45) is 5.41 Å². The summed E-state index contributed by atoms with van der Waals surface area (Å²) in [6, 6.07) is 5.53. The topological polar surface area (TPSA) is 79.8 Å². The van der Waals surface area contributed by atoms with Crippen LogP contribution in [0.5, 0.6) is 0 Å². The predicted octanol–water partition coefficient (Wildman–Crippen LogP) is 5.35. The Hall–Kier alpha value is -2.85. The third-order valence-electron chi connectivity index (χ3n) is 4.65. The number of amides is 1. The molecule has 1 amide bonds. The van der Waals surface area contributed by atoms with Gasteiger partial charge in [-0.25, -0.2) is 9.18 Å². The van der Waals surface area contributed by atoms with Crippen LogP contribution in [0.3, 0.4) is 0 Å². The maximum atomic E-state index is 15.2. The highest BCUT2D eigenvalue weighted by Crippen LogP contribution is 2.36. The Bertz CT molecular complexity index is 1280. The van der Waals surface area contributed by atoms with Crippen molar-refractivity contribution in [3.8, 4) is 17.1 Å². The van der Waals surface area contributed by atoms with Crippen LogP contribution in [-0.2, 0) is 17.5 Å². The molecular weight excluding hydrogens is 487 g/mol. The summed E-state index contributed by atoms with van der Waals surface area (Å²) in [4.78, 5) is 26.8. The molecule has 0 atom stereocenters. The smallest absolute Gasteiger partial charge is 0.351 e. The molecule has 0 unspecified atom stereocenters. The molecule has 1 heterocycles. The minimum atomic E-state index is -4.75. The number of aromatic nitrogens is 3. The second kappa shape index (κ2) is 8.83. The Morgan fingerprint density at radius 3 is 2.36 bits per heavy atom. The van der Waals surface area contributed by atoms with Gasteiger partial charge in [0.25, 0.3) is 0 Å². The average Bonchev–Trinajstić information content (AvgIpc) is 3.07. The molecule has 0 aliphatic carbocycles. The van der Waals surface area contributed by atoms with Gasteiger partial charge in [-0.15, -0.1) is 5.10 Å². The second-order valence-electron chi connectivity index (χ2n) is 8.18. The number of alkyl halides is 3. The molecule has 2 N–H and O–H groups in total. The molecule has 3 rings (SSSR count). The van der Waals surface area contributed by atoms with Gasteiger partial charge in [0.1, 0.15) is 5.82 Å². The molecule has 0 aliphatic heterocycles. The highest BCUT2D eigenvalue weighted by molar-refractivity contribution is 6.33. The van der Waals surface area contributed by atoms with Crippen LogP contribution in [0, 0.1) is 11.2 Å². The largest absolute Gasteiger partial charge is 0.417 e. The second-order valence-corrected chi connectivity index (χ2v) is 9.00. The number of halogens is 6. The van der Waals surface area contributed by atoms with Crippen molar-refractivity contribution < 1.29 is 22.4 Å². The highest BCUT2D eigenvalue weighted by atomic mass is 35.5. The van der Waals surface area contributed by atoms with E-state index in [0.717, 1.165) is 6.07 Å². The van der Waals surface area contributed by atoms with Crippen molar-refractivity contribution in [2.75, 3.05) is 0 Å². The van der Waals surface area contributed by atoms with Crippen LogP contribution in [0.25, 0.3) is 17.1 Å². The first-order chi connectivity index (χ1) is 15.2. The van der Waals surface area contributed by atoms with Crippen molar-refractivity contribution in [1.29, 1.82) is 0 Å². The third kappa shape index (κ3) is 5.22. The molecule has 6 nitrogen and oxygen atoms in total. The first kappa shape index (κ1) is 24.8. The third-order valence-corrected chi connectivity index (χ3v) is 5.29. The van der Waals surface area contributed by atoms with Crippen LogP contribution >= 0.6 is 23.2 Å². The summed E-state index contributed by atoms with van der Waals surface area (Å²) in [6.45, 7) is 4.95. The van der Waals surface area contributed by atoms with Crippen LogP contribution in [0.4, 0.5) is 17.6 Å². The molecule has 0 saturated carbocycles. The van der Waals surface area contributed by atoms with E-state index < -0.39 is 33.7 Å². The fraction of sp³-hybridized carbons (Fsp3) is 0.286. The molecule has 1 aromatic heterocycles. The Morgan fingerprint density at radius 2 is 1.76 bits per heavy atom. The van der Waals surface area contributed by atoms with E-state index in [1.165, 1.54) is 18.2 Å². The molecule has 12 heteroatoms. The van der Waals surface area contributed by atoms with Crippen molar-refractivity contribution in [1.82, 2.24) is 20.1 Å². The van der Waals surface area contributed by atoms with Crippen LogP contribution < -0.4 is 11.0 Å². The number of hydrogen-bond acceptors (Lipinski definition) is 3. The number of hydrogen-bond donors (Lipinski definition) is 2. The van der Waals surface area contributed by atoms with Gasteiger partial charge in [0.15, 0.2) is 5.82 Å². The summed E-state index contributed by atoms with van der Waals surface area (Å²) in [5.74, 6) is -1.45. The lowest BCUT2D eigenvalue weighted by Crippen LogP contribution is -2.34.